The summed E-state index contributed by atoms with van der Waals surface area (Å²) < 4.78 is 5.64. The number of benzene rings is 2. The molecule has 0 fully saturated rings. The standard InChI is InChI=1S/C19H24N2O2/c1-14-10-15(2)12-17(11-14)23-9-8-19(22)21-13-18(20)16-6-4-3-5-7-16/h3-7,10-12,18H,8-9,13,20H2,1-2H3,(H,21,22). The monoisotopic (exact) mass is 312 g/mol. The van der Waals surface area contributed by atoms with Gasteiger partial charge in [0.15, 0.2) is 0 Å². The first kappa shape index (κ1) is 17.0. The number of amides is 1. The summed E-state index contributed by atoms with van der Waals surface area (Å²) in [7, 11) is 0. The lowest BCUT2D eigenvalue weighted by Crippen LogP contribution is -2.32. The van der Waals surface area contributed by atoms with Crippen LogP contribution in [0.5, 0.6) is 5.75 Å². The fraction of sp³-hybridized carbons (Fsp3) is 0.316. The van der Waals surface area contributed by atoms with E-state index in [1.807, 2.05) is 56.3 Å². The third-order valence-corrected chi connectivity index (χ3v) is 3.54. The number of hydrogen-bond donors (Lipinski definition) is 2. The number of nitrogens with one attached hydrogen (secondary N) is 1. The first-order valence-electron chi connectivity index (χ1n) is 7.83. The molecule has 3 N–H and O–H groups in total. The molecule has 4 nitrogen and oxygen atoms in total. The smallest absolute Gasteiger partial charge is 0.223 e. The molecule has 0 aliphatic rings. The van der Waals surface area contributed by atoms with Gasteiger partial charge in [-0.05, 0) is 42.7 Å². The highest BCUT2D eigenvalue weighted by atomic mass is 16.5. The molecular formula is C19H24N2O2. The third-order valence-electron chi connectivity index (χ3n) is 3.54. The lowest BCUT2D eigenvalue weighted by atomic mass is 10.1. The summed E-state index contributed by atoms with van der Waals surface area (Å²) >= 11 is 0. The molecule has 2 aromatic carbocycles. The van der Waals surface area contributed by atoms with Crippen molar-refractivity contribution in [2.45, 2.75) is 26.3 Å². The van der Waals surface area contributed by atoms with E-state index in [0.29, 0.717) is 19.6 Å². The van der Waals surface area contributed by atoms with Crippen molar-refractivity contribution >= 4 is 5.91 Å². The quantitative estimate of drug-likeness (QED) is 0.826. The van der Waals surface area contributed by atoms with Gasteiger partial charge in [0.1, 0.15) is 5.75 Å². The van der Waals surface area contributed by atoms with Crippen molar-refractivity contribution in [3.8, 4) is 5.75 Å². The van der Waals surface area contributed by atoms with E-state index in [1.165, 1.54) is 0 Å². The summed E-state index contributed by atoms with van der Waals surface area (Å²) in [5.41, 5.74) is 9.37. The Hall–Kier alpha value is -2.33. The molecule has 23 heavy (non-hydrogen) atoms. The SMILES string of the molecule is Cc1cc(C)cc(OCCC(=O)NCC(N)c2ccccc2)c1. The Kier molecular flexibility index (Phi) is 6.18. The maximum Gasteiger partial charge on any atom is 0.223 e. The van der Waals surface area contributed by atoms with Crippen LogP contribution < -0.4 is 15.8 Å². The van der Waals surface area contributed by atoms with Crippen LogP contribution >= 0.6 is 0 Å². The normalized spacial score (nSPS) is 11.8. The number of rotatable bonds is 7. The predicted molar refractivity (Wildman–Crippen MR) is 92.4 cm³/mol. The second kappa shape index (κ2) is 8.34. The van der Waals surface area contributed by atoms with Gasteiger partial charge < -0.3 is 15.8 Å². The Morgan fingerprint density at radius 3 is 2.43 bits per heavy atom. The molecule has 0 spiro atoms. The van der Waals surface area contributed by atoms with Gasteiger partial charge in [0.25, 0.3) is 0 Å². The van der Waals surface area contributed by atoms with Crippen LogP contribution in [0.3, 0.4) is 0 Å². The van der Waals surface area contributed by atoms with E-state index in [0.717, 1.165) is 22.4 Å². The Bertz CT molecular complexity index is 621. The van der Waals surface area contributed by atoms with Gasteiger partial charge >= 0.3 is 0 Å². The van der Waals surface area contributed by atoms with E-state index < -0.39 is 0 Å². The van der Waals surface area contributed by atoms with Crippen molar-refractivity contribution in [1.29, 1.82) is 0 Å². The maximum absolute atomic E-state index is 11.9. The number of ether oxygens (including phenoxy) is 1. The van der Waals surface area contributed by atoms with Gasteiger partial charge in [-0.3, -0.25) is 4.79 Å². The van der Waals surface area contributed by atoms with E-state index >= 15 is 0 Å². The molecule has 2 rings (SSSR count). The maximum atomic E-state index is 11.9. The van der Waals surface area contributed by atoms with Gasteiger partial charge in [0.05, 0.1) is 13.0 Å². The molecule has 0 aliphatic carbocycles. The zero-order chi connectivity index (χ0) is 16.7. The molecule has 4 heteroatoms. The van der Waals surface area contributed by atoms with Crippen LogP contribution in [0.15, 0.2) is 48.5 Å². The Morgan fingerprint density at radius 1 is 1.13 bits per heavy atom. The third kappa shape index (κ3) is 5.75. The van der Waals surface area contributed by atoms with Crippen LogP contribution in [0.4, 0.5) is 0 Å². The van der Waals surface area contributed by atoms with E-state index in [-0.39, 0.29) is 11.9 Å². The van der Waals surface area contributed by atoms with Gasteiger partial charge in [0, 0.05) is 12.6 Å². The molecule has 1 amide bonds. The average molecular weight is 312 g/mol. The molecule has 0 radical (unpaired) electrons. The minimum atomic E-state index is -0.194. The van der Waals surface area contributed by atoms with Crippen molar-refractivity contribution in [2.24, 2.45) is 5.73 Å². The Labute approximate surface area is 137 Å². The lowest BCUT2D eigenvalue weighted by Gasteiger charge is -2.13. The lowest BCUT2D eigenvalue weighted by molar-refractivity contribution is -0.121. The minimum Gasteiger partial charge on any atom is -0.493 e. The van der Waals surface area contributed by atoms with Gasteiger partial charge in [-0.2, -0.15) is 0 Å². The number of nitrogens with two attached hydrogens (primary N) is 1. The number of carbonyl (C=O) groups is 1. The second-order valence-electron chi connectivity index (χ2n) is 5.74. The van der Waals surface area contributed by atoms with Crippen molar-refractivity contribution in [2.75, 3.05) is 13.2 Å². The summed E-state index contributed by atoms with van der Waals surface area (Å²) in [5, 5.41) is 2.85. The van der Waals surface area contributed by atoms with Crippen LogP contribution in [0, 0.1) is 13.8 Å². The van der Waals surface area contributed by atoms with E-state index in [9.17, 15) is 4.79 Å². The topological polar surface area (TPSA) is 64.3 Å². The molecule has 1 atom stereocenters. The minimum absolute atomic E-state index is 0.0549. The van der Waals surface area contributed by atoms with Crippen molar-refractivity contribution in [3.05, 3.63) is 65.2 Å². The van der Waals surface area contributed by atoms with Crippen molar-refractivity contribution < 1.29 is 9.53 Å². The molecule has 0 bridgehead atoms. The van der Waals surface area contributed by atoms with Gasteiger partial charge in [-0.25, -0.2) is 0 Å². The fourth-order valence-corrected chi connectivity index (χ4v) is 2.41. The van der Waals surface area contributed by atoms with Crippen LogP contribution in [-0.4, -0.2) is 19.1 Å². The molecule has 2 aromatic rings. The largest absolute Gasteiger partial charge is 0.493 e. The second-order valence-corrected chi connectivity index (χ2v) is 5.74. The number of aryl methyl sites for hydroxylation is 2. The van der Waals surface area contributed by atoms with Crippen molar-refractivity contribution in [1.82, 2.24) is 5.32 Å². The highest BCUT2D eigenvalue weighted by Crippen LogP contribution is 2.16. The predicted octanol–water partition coefficient (Wildman–Crippen LogP) is 2.89. The van der Waals surface area contributed by atoms with Crippen molar-refractivity contribution in [3.63, 3.8) is 0 Å². The first-order chi connectivity index (χ1) is 11.0. The molecule has 122 valence electrons. The molecule has 0 heterocycles. The Balaban J connectivity index is 1.71. The Morgan fingerprint density at radius 2 is 1.78 bits per heavy atom. The first-order valence-corrected chi connectivity index (χ1v) is 7.83. The molecule has 0 saturated heterocycles. The van der Waals surface area contributed by atoms with Gasteiger partial charge in [-0.1, -0.05) is 36.4 Å². The van der Waals surface area contributed by atoms with Crippen LogP contribution in [0.2, 0.25) is 0 Å². The molecule has 1 unspecified atom stereocenters. The number of hydrogen-bond acceptors (Lipinski definition) is 3. The fourth-order valence-electron chi connectivity index (χ4n) is 2.41. The van der Waals surface area contributed by atoms with Gasteiger partial charge in [0.2, 0.25) is 5.91 Å². The van der Waals surface area contributed by atoms with E-state index in [1.54, 1.807) is 0 Å². The van der Waals surface area contributed by atoms with Crippen LogP contribution in [0.25, 0.3) is 0 Å². The summed E-state index contributed by atoms with van der Waals surface area (Å²) in [6, 6.07) is 15.6. The molecule has 0 aliphatic heterocycles. The summed E-state index contributed by atoms with van der Waals surface area (Å²) in [6.07, 6.45) is 0.314. The average Bonchev–Trinajstić information content (AvgIpc) is 2.52. The molecular weight excluding hydrogens is 288 g/mol. The highest BCUT2D eigenvalue weighted by molar-refractivity contribution is 5.76. The molecule has 0 aromatic heterocycles. The zero-order valence-corrected chi connectivity index (χ0v) is 13.7. The van der Waals surface area contributed by atoms with Crippen LogP contribution in [-0.2, 0) is 4.79 Å². The van der Waals surface area contributed by atoms with Crippen LogP contribution in [0.1, 0.15) is 29.2 Å². The summed E-state index contributed by atoms with van der Waals surface area (Å²) in [5.74, 6) is 0.747. The summed E-state index contributed by atoms with van der Waals surface area (Å²) in [6.45, 7) is 4.83. The van der Waals surface area contributed by atoms with E-state index in [4.69, 9.17) is 10.5 Å². The van der Waals surface area contributed by atoms with E-state index in [2.05, 4.69) is 11.4 Å². The van der Waals surface area contributed by atoms with Gasteiger partial charge in [-0.15, -0.1) is 0 Å². The zero-order valence-electron chi connectivity index (χ0n) is 13.7. The molecule has 0 saturated carbocycles. The number of carbonyl (C=O) groups excluding carboxylic acids is 1. The summed E-state index contributed by atoms with van der Waals surface area (Å²) in [4.78, 5) is 11.9. The highest BCUT2D eigenvalue weighted by Gasteiger charge is 2.08.